The van der Waals surface area contributed by atoms with Crippen molar-refractivity contribution < 1.29 is 80.2 Å². The molecule has 0 bridgehead atoms. The van der Waals surface area contributed by atoms with Crippen LogP contribution in [0.2, 0.25) is 0 Å². The Morgan fingerprint density at radius 3 is 1.00 bits per heavy atom. The lowest BCUT2D eigenvalue weighted by molar-refractivity contribution is -0.161. The van der Waals surface area contributed by atoms with Gasteiger partial charge in [-0.05, 0) is 37.5 Å². The van der Waals surface area contributed by atoms with Crippen molar-refractivity contribution in [2.24, 2.45) is 11.8 Å². The van der Waals surface area contributed by atoms with Crippen LogP contribution >= 0.6 is 15.6 Å². The summed E-state index contributed by atoms with van der Waals surface area (Å²) in [5.74, 6) is -0.704. The van der Waals surface area contributed by atoms with Gasteiger partial charge in [0.1, 0.15) is 19.3 Å². The van der Waals surface area contributed by atoms with Gasteiger partial charge in [-0.1, -0.05) is 221 Å². The number of rotatable bonds is 56. The molecule has 0 fully saturated rings. The Hall–Kier alpha value is -1.94. The smallest absolute Gasteiger partial charge is 0.462 e. The van der Waals surface area contributed by atoms with Gasteiger partial charge in [0.15, 0.2) is 12.2 Å². The summed E-state index contributed by atoms with van der Waals surface area (Å²) < 4.78 is 67.5. The second kappa shape index (κ2) is 50.1. The Morgan fingerprint density at radius 2 is 0.671 bits per heavy atom. The number of hydrogen-bond acceptors (Lipinski definition) is 15. The molecule has 0 aliphatic heterocycles. The molecule has 0 aromatic carbocycles. The van der Waals surface area contributed by atoms with E-state index in [1.54, 1.807) is 0 Å². The van der Waals surface area contributed by atoms with Crippen LogP contribution < -0.4 is 0 Å². The highest BCUT2D eigenvalue weighted by molar-refractivity contribution is 7.47. The molecule has 6 atom stereocenters. The van der Waals surface area contributed by atoms with E-state index in [1.807, 2.05) is 0 Å². The number of ether oxygens (including phenoxy) is 4. The van der Waals surface area contributed by atoms with Crippen molar-refractivity contribution in [2.45, 2.75) is 291 Å². The second-order valence-electron chi connectivity index (χ2n) is 21.4. The van der Waals surface area contributed by atoms with E-state index in [9.17, 15) is 43.2 Å². The summed E-state index contributed by atoms with van der Waals surface area (Å²) >= 11 is 0. The van der Waals surface area contributed by atoms with Crippen LogP contribution in [0.5, 0.6) is 0 Å². The standard InChI is InChI=1S/C57H110O17P2/c1-7-10-12-14-16-21-29-35-41-56(61)73-52(45-67-54(59)39-33-27-19-15-13-11-8-2)47-71-75(63,64)69-43-51(58)44-70-76(65,66)72-48-53(46-68-55(60)40-34-28-24-23-26-32-38-50(6)9-3)74-57(62)42-36-30-22-18-17-20-25-31-37-49(4)5/h49-53,58H,7-48H2,1-6H3,(H,63,64)(H,65,66)/t50?,51-,52+,53+/m0/s1. The number of unbranched alkanes of at least 4 members (excludes halogenated alkanes) is 25. The highest BCUT2D eigenvalue weighted by Crippen LogP contribution is 2.45. The summed E-state index contributed by atoms with van der Waals surface area (Å²) in [5.41, 5.74) is 0. The fraction of sp³-hybridized carbons (Fsp3) is 0.930. The van der Waals surface area contributed by atoms with Crippen molar-refractivity contribution >= 4 is 39.5 Å². The Morgan fingerprint density at radius 1 is 0.382 bits per heavy atom. The monoisotopic (exact) mass is 1130 g/mol. The minimum Gasteiger partial charge on any atom is -0.462 e. The van der Waals surface area contributed by atoms with Gasteiger partial charge < -0.3 is 33.8 Å². The minimum atomic E-state index is -4.94. The maximum atomic E-state index is 12.9. The zero-order valence-corrected chi connectivity index (χ0v) is 50.3. The van der Waals surface area contributed by atoms with E-state index in [4.69, 9.17) is 37.0 Å². The number of carbonyl (C=O) groups is 4. The number of carbonyl (C=O) groups excluding carboxylic acids is 4. The van der Waals surface area contributed by atoms with Gasteiger partial charge in [-0.3, -0.25) is 37.3 Å². The molecule has 0 rings (SSSR count). The van der Waals surface area contributed by atoms with E-state index in [0.717, 1.165) is 127 Å². The predicted octanol–water partition coefficient (Wildman–Crippen LogP) is 14.9. The first-order chi connectivity index (χ1) is 36.4. The summed E-state index contributed by atoms with van der Waals surface area (Å²) in [5, 5.41) is 10.5. The number of aliphatic hydroxyl groups is 1. The van der Waals surface area contributed by atoms with Gasteiger partial charge in [-0.15, -0.1) is 0 Å². The summed E-state index contributed by atoms with van der Waals surface area (Å²) in [6.07, 6.45) is 29.6. The zero-order valence-electron chi connectivity index (χ0n) is 48.5. The molecule has 450 valence electrons. The third-order valence-electron chi connectivity index (χ3n) is 13.3. The van der Waals surface area contributed by atoms with Crippen molar-refractivity contribution in [1.29, 1.82) is 0 Å². The largest absolute Gasteiger partial charge is 0.472 e. The molecule has 17 nitrogen and oxygen atoms in total. The normalized spacial score (nSPS) is 14.9. The third-order valence-corrected chi connectivity index (χ3v) is 15.2. The van der Waals surface area contributed by atoms with E-state index in [2.05, 4.69) is 41.5 Å². The topological polar surface area (TPSA) is 237 Å². The quantitative estimate of drug-likeness (QED) is 0.0222. The molecule has 0 aromatic rings. The van der Waals surface area contributed by atoms with Gasteiger partial charge in [0.25, 0.3) is 0 Å². The van der Waals surface area contributed by atoms with Crippen LogP contribution in [0.4, 0.5) is 0 Å². The fourth-order valence-corrected chi connectivity index (χ4v) is 9.84. The molecule has 3 N–H and O–H groups in total. The molecule has 0 aliphatic carbocycles. The number of aliphatic hydroxyl groups excluding tert-OH is 1. The van der Waals surface area contributed by atoms with E-state index in [1.165, 1.54) is 64.2 Å². The molecule has 0 amide bonds. The molecule has 0 saturated heterocycles. The van der Waals surface area contributed by atoms with Gasteiger partial charge in [-0.25, -0.2) is 9.13 Å². The molecule has 0 aromatic heterocycles. The molecule has 0 saturated carbocycles. The molecular formula is C57H110O17P2. The van der Waals surface area contributed by atoms with Crippen molar-refractivity contribution in [3.8, 4) is 0 Å². The number of hydrogen-bond donors (Lipinski definition) is 3. The average molecular weight is 1130 g/mol. The Bertz CT molecular complexity index is 1520. The van der Waals surface area contributed by atoms with Gasteiger partial charge in [0.05, 0.1) is 26.4 Å². The van der Waals surface area contributed by atoms with Crippen LogP contribution in [0.15, 0.2) is 0 Å². The number of phosphoric ester groups is 2. The minimum absolute atomic E-state index is 0.103. The van der Waals surface area contributed by atoms with Crippen LogP contribution in [-0.2, 0) is 65.4 Å². The van der Waals surface area contributed by atoms with E-state index < -0.39 is 97.5 Å². The van der Waals surface area contributed by atoms with Crippen LogP contribution in [0.3, 0.4) is 0 Å². The Kier molecular flexibility index (Phi) is 48.8. The third kappa shape index (κ3) is 50.3. The highest BCUT2D eigenvalue weighted by atomic mass is 31.2. The first-order valence-electron chi connectivity index (χ1n) is 30.0. The molecular weight excluding hydrogens is 1020 g/mol. The first kappa shape index (κ1) is 74.1. The van der Waals surface area contributed by atoms with Crippen molar-refractivity contribution in [3.63, 3.8) is 0 Å². The second-order valence-corrected chi connectivity index (χ2v) is 24.3. The molecule has 19 heteroatoms. The summed E-state index contributed by atoms with van der Waals surface area (Å²) in [6, 6.07) is 0. The SMILES string of the molecule is CCCCCCCCCCC(=O)O[C@H](COC(=O)CCCCCCCCC)COP(=O)(O)OC[C@H](O)COP(=O)(O)OC[C@@H](COC(=O)CCCCCCCCC(C)CC)OC(=O)CCCCCCCCCCC(C)C. The van der Waals surface area contributed by atoms with E-state index >= 15 is 0 Å². The fourth-order valence-electron chi connectivity index (χ4n) is 8.26. The molecule has 3 unspecified atom stereocenters. The van der Waals surface area contributed by atoms with Gasteiger partial charge in [0.2, 0.25) is 0 Å². The van der Waals surface area contributed by atoms with Crippen molar-refractivity contribution in [2.75, 3.05) is 39.6 Å². The van der Waals surface area contributed by atoms with Gasteiger partial charge in [-0.2, -0.15) is 0 Å². The molecule has 0 radical (unpaired) electrons. The molecule has 0 aliphatic rings. The highest BCUT2D eigenvalue weighted by Gasteiger charge is 2.30. The van der Waals surface area contributed by atoms with E-state index in [0.29, 0.717) is 25.7 Å². The summed E-state index contributed by atoms with van der Waals surface area (Å²) in [4.78, 5) is 71.7. The Labute approximate surface area is 460 Å². The van der Waals surface area contributed by atoms with Crippen LogP contribution in [0.25, 0.3) is 0 Å². The van der Waals surface area contributed by atoms with Gasteiger partial charge >= 0.3 is 39.5 Å². The van der Waals surface area contributed by atoms with Gasteiger partial charge in [0, 0.05) is 25.7 Å². The van der Waals surface area contributed by atoms with Crippen LogP contribution in [0.1, 0.15) is 273 Å². The lowest BCUT2D eigenvalue weighted by Gasteiger charge is -2.21. The molecule has 76 heavy (non-hydrogen) atoms. The van der Waals surface area contributed by atoms with Crippen LogP contribution in [0, 0.1) is 11.8 Å². The first-order valence-corrected chi connectivity index (χ1v) is 33.0. The van der Waals surface area contributed by atoms with E-state index in [-0.39, 0.29) is 25.7 Å². The van der Waals surface area contributed by atoms with Crippen molar-refractivity contribution in [3.05, 3.63) is 0 Å². The maximum Gasteiger partial charge on any atom is 0.472 e. The maximum absolute atomic E-state index is 12.9. The lowest BCUT2D eigenvalue weighted by Crippen LogP contribution is -2.30. The lowest BCUT2D eigenvalue weighted by atomic mass is 10.00. The number of phosphoric acid groups is 2. The molecule has 0 heterocycles. The molecule has 0 spiro atoms. The predicted molar refractivity (Wildman–Crippen MR) is 298 cm³/mol. The summed E-state index contributed by atoms with van der Waals surface area (Å²) in [6.45, 7) is 9.28. The summed E-state index contributed by atoms with van der Waals surface area (Å²) in [7, 11) is -9.86. The zero-order chi connectivity index (χ0) is 56.6. The van der Waals surface area contributed by atoms with Crippen molar-refractivity contribution in [1.82, 2.24) is 0 Å². The number of esters is 4. The van der Waals surface area contributed by atoms with Crippen LogP contribution in [-0.4, -0.2) is 96.7 Å². The average Bonchev–Trinajstić information content (AvgIpc) is 3.38. The Balaban J connectivity index is 5.22.